The summed E-state index contributed by atoms with van der Waals surface area (Å²) in [7, 11) is -3.77. The number of aromatic amines is 1. The molecule has 0 radical (unpaired) electrons. The maximum absolute atomic E-state index is 12.8. The molecule has 2 N–H and O–H groups in total. The van der Waals surface area contributed by atoms with Crippen LogP contribution in [0.2, 0.25) is 0 Å². The number of fused-ring (bicyclic) bond motifs is 1. The van der Waals surface area contributed by atoms with Gasteiger partial charge in [0.1, 0.15) is 4.90 Å². The Hall–Kier alpha value is -2.27. The zero-order chi connectivity index (χ0) is 15.2. The molecule has 0 aliphatic heterocycles. The van der Waals surface area contributed by atoms with E-state index in [1.165, 1.54) is 0 Å². The number of benzene rings is 2. The van der Waals surface area contributed by atoms with Gasteiger partial charge in [0.2, 0.25) is 15.7 Å². The monoisotopic (exact) mass is 301 g/mol. The first-order chi connectivity index (χ1) is 9.89. The van der Waals surface area contributed by atoms with Crippen LogP contribution in [0, 0.1) is 13.8 Å². The van der Waals surface area contributed by atoms with Crippen LogP contribution in [0.15, 0.2) is 52.3 Å². The number of aryl methyl sites for hydroxylation is 2. The van der Waals surface area contributed by atoms with Crippen molar-refractivity contribution in [3.8, 4) is 5.88 Å². The molecule has 4 nitrogen and oxygen atoms in total. The molecule has 0 saturated heterocycles. The lowest BCUT2D eigenvalue weighted by Crippen LogP contribution is -2.01. The van der Waals surface area contributed by atoms with Crippen LogP contribution < -0.4 is 0 Å². The Bertz CT molecular complexity index is 922. The summed E-state index contributed by atoms with van der Waals surface area (Å²) >= 11 is 0. The lowest BCUT2D eigenvalue weighted by molar-refractivity contribution is 0.443. The summed E-state index contributed by atoms with van der Waals surface area (Å²) in [6.07, 6.45) is 0. The highest BCUT2D eigenvalue weighted by molar-refractivity contribution is 7.91. The van der Waals surface area contributed by atoms with Gasteiger partial charge in [0.25, 0.3) is 0 Å². The third-order valence-electron chi connectivity index (χ3n) is 3.49. The molecule has 0 saturated carbocycles. The summed E-state index contributed by atoms with van der Waals surface area (Å²) < 4.78 is 25.5. The average molecular weight is 301 g/mol. The first-order valence-electron chi connectivity index (χ1n) is 6.52. The highest BCUT2D eigenvalue weighted by Gasteiger charge is 2.26. The first-order valence-corrected chi connectivity index (χ1v) is 8.01. The molecule has 0 amide bonds. The summed E-state index contributed by atoms with van der Waals surface area (Å²) in [5, 5.41) is 10.5. The van der Waals surface area contributed by atoms with Gasteiger partial charge in [-0.05, 0) is 38.1 Å². The van der Waals surface area contributed by atoms with Crippen LogP contribution in [0.25, 0.3) is 10.9 Å². The van der Waals surface area contributed by atoms with Crippen LogP contribution in [0.4, 0.5) is 0 Å². The van der Waals surface area contributed by atoms with E-state index in [-0.39, 0.29) is 15.7 Å². The van der Waals surface area contributed by atoms with Crippen molar-refractivity contribution in [2.24, 2.45) is 0 Å². The summed E-state index contributed by atoms with van der Waals surface area (Å²) in [4.78, 5) is 2.83. The standard InChI is InChI=1S/C16H15NO3S/c1-10-3-6-12(7-4-10)21(19,20)15-13-9-11(2)5-8-14(13)17-16(15)18/h3-9,17-18H,1-2H3. The Balaban J connectivity index is 2.30. The van der Waals surface area contributed by atoms with Gasteiger partial charge in [0, 0.05) is 10.9 Å². The molecule has 0 aliphatic rings. The fraction of sp³-hybridized carbons (Fsp3) is 0.125. The fourth-order valence-corrected chi connectivity index (χ4v) is 3.87. The molecule has 0 aliphatic carbocycles. The number of hydrogen-bond acceptors (Lipinski definition) is 3. The minimum atomic E-state index is -3.77. The third-order valence-corrected chi connectivity index (χ3v) is 5.33. The van der Waals surface area contributed by atoms with E-state index in [9.17, 15) is 13.5 Å². The maximum Gasteiger partial charge on any atom is 0.212 e. The minimum Gasteiger partial charge on any atom is -0.494 e. The van der Waals surface area contributed by atoms with Crippen molar-refractivity contribution in [3.63, 3.8) is 0 Å². The van der Waals surface area contributed by atoms with E-state index < -0.39 is 9.84 Å². The van der Waals surface area contributed by atoms with Crippen molar-refractivity contribution < 1.29 is 13.5 Å². The van der Waals surface area contributed by atoms with E-state index in [0.717, 1.165) is 11.1 Å². The van der Waals surface area contributed by atoms with Crippen LogP contribution in [0.3, 0.4) is 0 Å². The summed E-state index contributed by atoms with van der Waals surface area (Å²) in [5.74, 6) is -0.323. The fourth-order valence-electron chi connectivity index (χ4n) is 2.37. The Morgan fingerprint density at radius 1 is 0.952 bits per heavy atom. The largest absolute Gasteiger partial charge is 0.494 e. The molecule has 21 heavy (non-hydrogen) atoms. The normalized spacial score (nSPS) is 11.9. The van der Waals surface area contributed by atoms with Gasteiger partial charge < -0.3 is 10.1 Å². The van der Waals surface area contributed by atoms with Gasteiger partial charge in [-0.1, -0.05) is 29.3 Å². The van der Waals surface area contributed by atoms with Gasteiger partial charge in [-0.25, -0.2) is 8.42 Å². The predicted molar refractivity (Wildman–Crippen MR) is 81.3 cm³/mol. The van der Waals surface area contributed by atoms with Crippen LogP contribution in [0.1, 0.15) is 11.1 Å². The second-order valence-electron chi connectivity index (χ2n) is 5.17. The lowest BCUT2D eigenvalue weighted by atomic mass is 10.2. The van der Waals surface area contributed by atoms with Crippen molar-refractivity contribution in [1.82, 2.24) is 4.98 Å². The number of hydrogen-bond donors (Lipinski definition) is 2. The molecule has 0 bridgehead atoms. The molecular formula is C16H15NO3S. The van der Waals surface area contributed by atoms with E-state index in [2.05, 4.69) is 4.98 Å². The van der Waals surface area contributed by atoms with Crippen LogP contribution in [-0.4, -0.2) is 18.5 Å². The second kappa shape index (κ2) is 4.63. The van der Waals surface area contributed by atoms with E-state index in [4.69, 9.17) is 0 Å². The number of aromatic hydroxyl groups is 1. The van der Waals surface area contributed by atoms with E-state index >= 15 is 0 Å². The number of nitrogens with one attached hydrogen (secondary N) is 1. The summed E-state index contributed by atoms with van der Waals surface area (Å²) in [6, 6.07) is 12.0. The van der Waals surface area contributed by atoms with Crippen molar-refractivity contribution in [3.05, 3.63) is 53.6 Å². The Morgan fingerprint density at radius 2 is 1.57 bits per heavy atom. The average Bonchev–Trinajstić information content (AvgIpc) is 2.75. The number of H-pyrrole nitrogens is 1. The Labute approximate surface area is 123 Å². The topological polar surface area (TPSA) is 70.2 Å². The number of aromatic nitrogens is 1. The predicted octanol–water partition coefficient (Wildman–Crippen LogP) is 3.32. The molecule has 0 spiro atoms. The molecule has 3 rings (SSSR count). The highest BCUT2D eigenvalue weighted by Crippen LogP contribution is 2.35. The molecule has 1 heterocycles. The molecule has 1 aromatic heterocycles. The van der Waals surface area contributed by atoms with Crippen molar-refractivity contribution in [1.29, 1.82) is 0 Å². The van der Waals surface area contributed by atoms with Crippen LogP contribution >= 0.6 is 0 Å². The first kappa shape index (κ1) is 13.7. The molecule has 3 aromatic rings. The van der Waals surface area contributed by atoms with Gasteiger partial charge in [0.05, 0.1) is 4.90 Å². The van der Waals surface area contributed by atoms with Gasteiger partial charge in [-0.2, -0.15) is 0 Å². The molecule has 108 valence electrons. The number of sulfone groups is 1. The third kappa shape index (κ3) is 2.19. The SMILES string of the molecule is Cc1ccc(S(=O)(=O)c2c(O)[nH]c3ccc(C)cc23)cc1. The van der Waals surface area contributed by atoms with Crippen molar-refractivity contribution in [2.75, 3.05) is 0 Å². The lowest BCUT2D eigenvalue weighted by Gasteiger charge is -2.05. The molecule has 0 atom stereocenters. The molecule has 5 heteroatoms. The zero-order valence-electron chi connectivity index (χ0n) is 11.7. The molecular weight excluding hydrogens is 286 g/mol. The quantitative estimate of drug-likeness (QED) is 0.763. The molecule has 0 unspecified atom stereocenters. The van der Waals surface area contributed by atoms with Crippen LogP contribution in [0.5, 0.6) is 5.88 Å². The van der Waals surface area contributed by atoms with Crippen molar-refractivity contribution in [2.45, 2.75) is 23.6 Å². The summed E-state index contributed by atoms with van der Waals surface area (Å²) in [6.45, 7) is 3.77. The van der Waals surface area contributed by atoms with Crippen LogP contribution in [-0.2, 0) is 9.84 Å². The summed E-state index contributed by atoms with van der Waals surface area (Å²) in [5.41, 5.74) is 2.51. The van der Waals surface area contributed by atoms with Gasteiger partial charge >= 0.3 is 0 Å². The zero-order valence-corrected chi connectivity index (χ0v) is 12.5. The maximum atomic E-state index is 12.8. The van der Waals surface area contributed by atoms with Gasteiger partial charge in [-0.3, -0.25) is 0 Å². The smallest absolute Gasteiger partial charge is 0.212 e. The second-order valence-corrected chi connectivity index (χ2v) is 7.05. The molecule has 0 fully saturated rings. The van der Waals surface area contributed by atoms with Crippen molar-refractivity contribution >= 4 is 20.7 Å². The minimum absolute atomic E-state index is 0.0648. The Kier molecular flexibility index (Phi) is 3.02. The highest BCUT2D eigenvalue weighted by atomic mass is 32.2. The van der Waals surface area contributed by atoms with E-state index in [0.29, 0.717) is 10.9 Å². The van der Waals surface area contributed by atoms with Gasteiger partial charge in [0.15, 0.2) is 0 Å². The Morgan fingerprint density at radius 3 is 2.24 bits per heavy atom. The number of rotatable bonds is 2. The molecule has 2 aromatic carbocycles. The van der Waals surface area contributed by atoms with E-state index in [1.807, 2.05) is 19.9 Å². The van der Waals surface area contributed by atoms with Gasteiger partial charge in [-0.15, -0.1) is 0 Å². The van der Waals surface area contributed by atoms with E-state index in [1.54, 1.807) is 36.4 Å².